The summed E-state index contributed by atoms with van der Waals surface area (Å²) >= 11 is 0. The molecule has 1 unspecified atom stereocenters. The van der Waals surface area contributed by atoms with Gasteiger partial charge in [0, 0.05) is 18.7 Å². The van der Waals surface area contributed by atoms with Crippen molar-refractivity contribution in [3.8, 4) is 5.75 Å². The van der Waals surface area contributed by atoms with Gasteiger partial charge in [-0.25, -0.2) is 0 Å². The number of rotatable bonds is 6. The Balaban J connectivity index is 2.76. The maximum absolute atomic E-state index is 11.8. The number of nitro benzene ring substituents is 1. The molecular formula is C14H21N3O5. The fourth-order valence-electron chi connectivity index (χ4n) is 1.63. The van der Waals surface area contributed by atoms with Crippen LogP contribution in [0, 0.1) is 10.1 Å². The van der Waals surface area contributed by atoms with E-state index in [2.05, 4.69) is 5.32 Å². The number of hydrogen-bond donors (Lipinski definition) is 2. The number of carbonyl (C=O) groups excluding carboxylic acids is 1. The molecule has 8 heteroatoms. The first kappa shape index (κ1) is 17.7. The zero-order chi connectivity index (χ0) is 16.9. The number of hydrogen-bond acceptors (Lipinski definition) is 7. The van der Waals surface area contributed by atoms with Crippen molar-refractivity contribution in [2.24, 2.45) is 5.73 Å². The number of nitro groups is 1. The highest BCUT2D eigenvalue weighted by molar-refractivity contribution is 5.77. The van der Waals surface area contributed by atoms with Gasteiger partial charge in [-0.1, -0.05) is 0 Å². The first-order chi connectivity index (χ1) is 10.1. The predicted molar refractivity (Wildman–Crippen MR) is 82.0 cm³/mol. The molecule has 8 nitrogen and oxygen atoms in total. The normalized spacial score (nSPS) is 12.4. The number of nitrogens with zero attached hydrogens (tertiary/aromatic N) is 1. The lowest BCUT2D eigenvalue weighted by Gasteiger charge is -2.22. The molecule has 0 saturated carbocycles. The van der Waals surface area contributed by atoms with Crippen molar-refractivity contribution in [3.05, 3.63) is 28.3 Å². The fraction of sp³-hybridized carbons (Fsp3) is 0.500. The molecule has 1 aromatic carbocycles. The number of anilines is 1. The van der Waals surface area contributed by atoms with E-state index < -0.39 is 22.5 Å². The summed E-state index contributed by atoms with van der Waals surface area (Å²) in [6, 6.07) is 3.22. The van der Waals surface area contributed by atoms with Crippen LogP contribution < -0.4 is 15.8 Å². The van der Waals surface area contributed by atoms with Crippen molar-refractivity contribution in [2.75, 3.05) is 19.0 Å². The summed E-state index contributed by atoms with van der Waals surface area (Å²) in [5.74, 6) is -0.133. The van der Waals surface area contributed by atoms with Crippen LogP contribution in [-0.4, -0.2) is 36.2 Å². The molecule has 0 aliphatic rings. The zero-order valence-electron chi connectivity index (χ0n) is 13.1. The Morgan fingerprint density at radius 2 is 2.09 bits per heavy atom. The highest BCUT2D eigenvalue weighted by atomic mass is 16.6. The molecular weight excluding hydrogens is 290 g/mol. The molecule has 0 aromatic heterocycles. The van der Waals surface area contributed by atoms with E-state index in [0.29, 0.717) is 11.4 Å². The molecule has 0 amide bonds. The van der Waals surface area contributed by atoms with Gasteiger partial charge in [0.05, 0.1) is 17.7 Å². The zero-order valence-corrected chi connectivity index (χ0v) is 13.1. The largest absolute Gasteiger partial charge is 0.495 e. The second-order valence-electron chi connectivity index (χ2n) is 5.66. The Labute approximate surface area is 128 Å². The Morgan fingerprint density at radius 1 is 1.45 bits per heavy atom. The predicted octanol–water partition coefficient (Wildman–Crippen LogP) is 1.68. The SMILES string of the molecule is COc1ccc([N+](=O)[O-])cc1NCC(N)C(=O)OC(C)(C)C. The van der Waals surface area contributed by atoms with Crippen LogP contribution in [0.4, 0.5) is 11.4 Å². The van der Waals surface area contributed by atoms with Crippen LogP contribution in [0.2, 0.25) is 0 Å². The third-order valence-corrected chi connectivity index (χ3v) is 2.62. The van der Waals surface area contributed by atoms with E-state index in [4.69, 9.17) is 15.2 Å². The molecule has 122 valence electrons. The van der Waals surface area contributed by atoms with Crippen molar-refractivity contribution in [3.63, 3.8) is 0 Å². The Hall–Kier alpha value is -2.35. The van der Waals surface area contributed by atoms with Gasteiger partial charge in [0.25, 0.3) is 5.69 Å². The van der Waals surface area contributed by atoms with Crippen LogP contribution in [0.25, 0.3) is 0 Å². The summed E-state index contributed by atoms with van der Waals surface area (Å²) in [4.78, 5) is 22.1. The number of benzene rings is 1. The highest BCUT2D eigenvalue weighted by Crippen LogP contribution is 2.28. The molecule has 0 aliphatic heterocycles. The Morgan fingerprint density at radius 3 is 2.59 bits per heavy atom. The molecule has 3 N–H and O–H groups in total. The van der Waals surface area contributed by atoms with Crippen LogP contribution in [0.15, 0.2) is 18.2 Å². The summed E-state index contributed by atoms with van der Waals surface area (Å²) in [5.41, 5.74) is 5.42. The maximum atomic E-state index is 11.8. The lowest BCUT2D eigenvalue weighted by atomic mass is 10.2. The molecule has 0 saturated heterocycles. The van der Waals surface area contributed by atoms with Gasteiger partial charge in [0.15, 0.2) is 0 Å². The number of carbonyl (C=O) groups is 1. The molecule has 0 bridgehead atoms. The summed E-state index contributed by atoms with van der Waals surface area (Å²) in [6.07, 6.45) is 0. The summed E-state index contributed by atoms with van der Waals surface area (Å²) < 4.78 is 10.3. The minimum Gasteiger partial charge on any atom is -0.495 e. The van der Waals surface area contributed by atoms with E-state index in [9.17, 15) is 14.9 Å². The molecule has 0 fully saturated rings. The van der Waals surface area contributed by atoms with Gasteiger partial charge >= 0.3 is 5.97 Å². The van der Waals surface area contributed by atoms with Gasteiger partial charge in [0.1, 0.15) is 17.4 Å². The quantitative estimate of drug-likeness (QED) is 0.466. The lowest BCUT2D eigenvalue weighted by Crippen LogP contribution is -2.41. The number of non-ortho nitro benzene ring substituents is 1. The van der Waals surface area contributed by atoms with Crippen molar-refractivity contribution < 1.29 is 19.2 Å². The minimum atomic E-state index is -0.900. The highest BCUT2D eigenvalue weighted by Gasteiger charge is 2.22. The van der Waals surface area contributed by atoms with E-state index >= 15 is 0 Å². The summed E-state index contributed by atoms with van der Waals surface area (Å²) in [5, 5.41) is 13.7. The first-order valence-corrected chi connectivity index (χ1v) is 6.69. The van der Waals surface area contributed by atoms with Crippen LogP contribution in [0.5, 0.6) is 5.75 Å². The van der Waals surface area contributed by atoms with Gasteiger partial charge in [-0.05, 0) is 26.8 Å². The monoisotopic (exact) mass is 311 g/mol. The Kier molecular flexibility index (Phi) is 5.69. The topological polar surface area (TPSA) is 117 Å². The molecule has 0 aliphatic carbocycles. The van der Waals surface area contributed by atoms with Crippen molar-refractivity contribution in [1.82, 2.24) is 0 Å². The van der Waals surface area contributed by atoms with E-state index in [1.807, 2.05) is 0 Å². The average molecular weight is 311 g/mol. The third kappa shape index (κ3) is 5.21. The smallest absolute Gasteiger partial charge is 0.325 e. The van der Waals surface area contributed by atoms with E-state index in [1.165, 1.54) is 25.3 Å². The van der Waals surface area contributed by atoms with E-state index in [0.717, 1.165) is 0 Å². The second-order valence-corrected chi connectivity index (χ2v) is 5.66. The molecule has 22 heavy (non-hydrogen) atoms. The summed E-state index contributed by atoms with van der Waals surface area (Å²) in [7, 11) is 1.44. The number of ether oxygens (including phenoxy) is 2. The van der Waals surface area contributed by atoms with E-state index in [1.54, 1.807) is 20.8 Å². The van der Waals surface area contributed by atoms with Gasteiger partial charge < -0.3 is 20.5 Å². The molecule has 1 atom stereocenters. The Bertz CT molecular complexity index is 554. The maximum Gasteiger partial charge on any atom is 0.325 e. The third-order valence-electron chi connectivity index (χ3n) is 2.62. The second kappa shape index (κ2) is 7.08. The van der Waals surface area contributed by atoms with Crippen LogP contribution in [0.3, 0.4) is 0 Å². The fourth-order valence-corrected chi connectivity index (χ4v) is 1.63. The van der Waals surface area contributed by atoms with Crippen LogP contribution in [-0.2, 0) is 9.53 Å². The number of esters is 1. The van der Waals surface area contributed by atoms with Gasteiger partial charge in [-0.15, -0.1) is 0 Å². The van der Waals surface area contributed by atoms with Crippen LogP contribution in [0.1, 0.15) is 20.8 Å². The van der Waals surface area contributed by atoms with Gasteiger partial charge in [-0.2, -0.15) is 0 Å². The van der Waals surface area contributed by atoms with Crippen LogP contribution >= 0.6 is 0 Å². The molecule has 1 rings (SSSR count). The van der Waals surface area contributed by atoms with E-state index in [-0.39, 0.29) is 12.2 Å². The molecule has 1 aromatic rings. The summed E-state index contributed by atoms with van der Waals surface area (Å²) in [6.45, 7) is 5.30. The molecule has 0 heterocycles. The van der Waals surface area contributed by atoms with Crippen molar-refractivity contribution >= 4 is 17.3 Å². The first-order valence-electron chi connectivity index (χ1n) is 6.69. The number of nitrogens with two attached hydrogens (primary N) is 1. The number of nitrogens with one attached hydrogen (secondary N) is 1. The number of methoxy groups -OCH3 is 1. The standard InChI is InChI=1S/C14H21N3O5/c1-14(2,3)22-13(18)10(15)8-16-11-7-9(17(19)20)5-6-12(11)21-4/h5-7,10,16H,8,15H2,1-4H3. The van der Waals surface area contributed by atoms with Gasteiger partial charge in [-0.3, -0.25) is 14.9 Å². The molecule has 0 radical (unpaired) electrons. The lowest BCUT2D eigenvalue weighted by molar-refractivity contribution is -0.384. The molecule has 0 spiro atoms. The van der Waals surface area contributed by atoms with Crippen molar-refractivity contribution in [1.29, 1.82) is 0 Å². The average Bonchev–Trinajstić information content (AvgIpc) is 2.42. The van der Waals surface area contributed by atoms with Crippen molar-refractivity contribution in [2.45, 2.75) is 32.4 Å². The minimum absolute atomic E-state index is 0.0619. The van der Waals surface area contributed by atoms with Gasteiger partial charge in [0.2, 0.25) is 0 Å².